The van der Waals surface area contributed by atoms with Crippen molar-refractivity contribution in [2.75, 3.05) is 19.7 Å². The molecule has 4 rings (SSSR count). The normalized spacial score (nSPS) is 16.7. The van der Waals surface area contributed by atoms with Crippen LogP contribution in [0.5, 0.6) is 0 Å². The number of nitrogens with zero attached hydrogens (tertiary/aromatic N) is 4. The van der Waals surface area contributed by atoms with E-state index in [0.29, 0.717) is 42.8 Å². The van der Waals surface area contributed by atoms with Gasteiger partial charge in [0.05, 0.1) is 30.2 Å². The number of piperidine rings is 1. The molecule has 2 aromatic heterocycles. The zero-order valence-electron chi connectivity index (χ0n) is 18.1. The number of aromatic nitrogens is 4. The molecule has 1 fully saturated rings. The number of amides is 1. The van der Waals surface area contributed by atoms with E-state index < -0.39 is 0 Å². The van der Waals surface area contributed by atoms with Crippen molar-refractivity contribution in [1.29, 1.82) is 0 Å². The van der Waals surface area contributed by atoms with Crippen molar-refractivity contribution in [3.8, 4) is 11.3 Å². The Balaban J connectivity index is 1.31. The third-order valence-electron chi connectivity index (χ3n) is 5.37. The molecule has 1 amide bonds. The summed E-state index contributed by atoms with van der Waals surface area (Å²) in [6.07, 6.45) is 4.85. The summed E-state index contributed by atoms with van der Waals surface area (Å²) in [6, 6.07) is 9.79. The number of ether oxygens (including phenoxy) is 1. The summed E-state index contributed by atoms with van der Waals surface area (Å²) in [6.45, 7) is 6.05. The van der Waals surface area contributed by atoms with Gasteiger partial charge in [-0.2, -0.15) is 10.1 Å². The SMILES string of the molecule is CC(C)Cc1nc(CCOC2CCCN(C(=O)c3cn[nH]c3-c3ccccc3)C2)no1. The molecule has 1 N–H and O–H groups in total. The van der Waals surface area contributed by atoms with Crippen LogP contribution in [0.25, 0.3) is 11.3 Å². The fourth-order valence-electron chi connectivity index (χ4n) is 3.84. The number of carbonyl (C=O) groups excluding carboxylic acids is 1. The van der Waals surface area contributed by atoms with Gasteiger partial charge >= 0.3 is 0 Å². The molecule has 1 aliphatic rings. The van der Waals surface area contributed by atoms with E-state index in [-0.39, 0.29) is 12.0 Å². The first-order valence-electron chi connectivity index (χ1n) is 10.9. The van der Waals surface area contributed by atoms with Crippen molar-refractivity contribution < 1.29 is 14.1 Å². The van der Waals surface area contributed by atoms with Gasteiger partial charge in [-0.15, -0.1) is 0 Å². The van der Waals surface area contributed by atoms with Gasteiger partial charge in [0.25, 0.3) is 5.91 Å². The Kier molecular flexibility index (Phi) is 6.76. The van der Waals surface area contributed by atoms with Crippen LogP contribution in [-0.4, -0.2) is 56.9 Å². The van der Waals surface area contributed by atoms with Crippen molar-refractivity contribution in [1.82, 2.24) is 25.2 Å². The minimum Gasteiger partial charge on any atom is -0.376 e. The zero-order valence-corrected chi connectivity index (χ0v) is 18.1. The molecular formula is C23H29N5O3. The largest absolute Gasteiger partial charge is 0.376 e. The second-order valence-corrected chi connectivity index (χ2v) is 8.36. The average Bonchev–Trinajstić information content (AvgIpc) is 3.43. The Morgan fingerprint density at radius 1 is 1.32 bits per heavy atom. The predicted molar refractivity (Wildman–Crippen MR) is 115 cm³/mol. The summed E-state index contributed by atoms with van der Waals surface area (Å²) in [5.74, 6) is 1.81. The van der Waals surface area contributed by atoms with E-state index in [1.165, 1.54) is 0 Å². The molecule has 0 spiro atoms. The van der Waals surface area contributed by atoms with Gasteiger partial charge in [-0.25, -0.2) is 0 Å². The predicted octanol–water partition coefficient (Wildman–Crippen LogP) is 3.52. The third kappa shape index (κ3) is 5.38. The van der Waals surface area contributed by atoms with Crippen LogP contribution in [0.2, 0.25) is 0 Å². The van der Waals surface area contributed by atoms with Gasteiger partial charge in [0, 0.05) is 31.5 Å². The van der Waals surface area contributed by atoms with Crippen LogP contribution >= 0.6 is 0 Å². The number of carbonyl (C=O) groups is 1. The molecule has 3 heterocycles. The molecule has 1 unspecified atom stereocenters. The number of rotatable bonds is 8. The first-order chi connectivity index (χ1) is 15.1. The summed E-state index contributed by atoms with van der Waals surface area (Å²) < 4.78 is 11.3. The molecular weight excluding hydrogens is 394 g/mol. The average molecular weight is 424 g/mol. The number of nitrogens with one attached hydrogen (secondary N) is 1. The van der Waals surface area contributed by atoms with Gasteiger partial charge in [-0.1, -0.05) is 49.3 Å². The van der Waals surface area contributed by atoms with Crippen LogP contribution in [0, 0.1) is 5.92 Å². The molecule has 0 bridgehead atoms. The maximum atomic E-state index is 13.2. The van der Waals surface area contributed by atoms with E-state index in [1.54, 1.807) is 6.20 Å². The molecule has 164 valence electrons. The molecule has 1 aliphatic heterocycles. The van der Waals surface area contributed by atoms with E-state index in [0.717, 1.165) is 37.1 Å². The van der Waals surface area contributed by atoms with Gasteiger partial charge in [0.2, 0.25) is 5.89 Å². The maximum absolute atomic E-state index is 13.2. The smallest absolute Gasteiger partial charge is 0.257 e. The second-order valence-electron chi connectivity index (χ2n) is 8.36. The number of benzene rings is 1. The van der Waals surface area contributed by atoms with E-state index in [4.69, 9.17) is 9.26 Å². The van der Waals surface area contributed by atoms with E-state index in [1.807, 2.05) is 35.2 Å². The van der Waals surface area contributed by atoms with Crippen molar-refractivity contribution in [2.24, 2.45) is 5.92 Å². The van der Waals surface area contributed by atoms with Crippen LogP contribution in [0.4, 0.5) is 0 Å². The Bertz CT molecular complexity index is 982. The highest BCUT2D eigenvalue weighted by atomic mass is 16.5. The fourth-order valence-corrected chi connectivity index (χ4v) is 3.84. The van der Waals surface area contributed by atoms with Crippen LogP contribution < -0.4 is 0 Å². The van der Waals surface area contributed by atoms with Crippen LogP contribution in [0.3, 0.4) is 0 Å². The minimum atomic E-state index is -0.0163. The highest BCUT2D eigenvalue weighted by molar-refractivity contribution is 5.99. The lowest BCUT2D eigenvalue weighted by Gasteiger charge is -2.32. The summed E-state index contributed by atoms with van der Waals surface area (Å²) in [7, 11) is 0. The van der Waals surface area contributed by atoms with Gasteiger partial charge in [-0.3, -0.25) is 9.89 Å². The lowest BCUT2D eigenvalue weighted by atomic mass is 10.0. The second kappa shape index (κ2) is 9.87. The minimum absolute atomic E-state index is 0.00631. The Morgan fingerprint density at radius 3 is 2.97 bits per heavy atom. The van der Waals surface area contributed by atoms with Crippen LogP contribution in [-0.2, 0) is 17.6 Å². The first kappa shape index (κ1) is 21.2. The molecule has 0 radical (unpaired) electrons. The monoisotopic (exact) mass is 423 g/mol. The highest BCUT2D eigenvalue weighted by Gasteiger charge is 2.27. The summed E-state index contributed by atoms with van der Waals surface area (Å²) in [5.41, 5.74) is 2.30. The lowest BCUT2D eigenvalue weighted by Crippen LogP contribution is -2.43. The first-order valence-corrected chi connectivity index (χ1v) is 10.9. The van der Waals surface area contributed by atoms with Crippen molar-refractivity contribution >= 4 is 5.91 Å². The van der Waals surface area contributed by atoms with Crippen LogP contribution in [0.1, 0.15) is 48.8 Å². The van der Waals surface area contributed by atoms with E-state index in [2.05, 4.69) is 34.2 Å². The Hall–Kier alpha value is -3.00. The maximum Gasteiger partial charge on any atom is 0.257 e. The third-order valence-corrected chi connectivity index (χ3v) is 5.37. The summed E-state index contributed by atoms with van der Waals surface area (Å²) in [5, 5.41) is 11.1. The molecule has 0 aliphatic carbocycles. The number of likely N-dealkylation sites (tertiary alicyclic amines) is 1. The number of hydrogen-bond donors (Lipinski definition) is 1. The Morgan fingerprint density at radius 2 is 2.16 bits per heavy atom. The van der Waals surface area contributed by atoms with Crippen molar-refractivity contribution in [2.45, 2.75) is 45.6 Å². The zero-order chi connectivity index (χ0) is 21.6. The molecule has 31 heavy (non-hydrogen) atoms. The molecule has 3 aromatic rings. The fraction of sp³-hybridized carbons (Fsp3) is 0.478. The molecule has 1 saturated heterocycles. The van der Waals surface area contributed by atoms with Crippen molar-refractivity contribution in [3.05, 3.63) is 53.8 Å². The van der Waals surface area contributed by atoms with Crippen molar-refractivity contribution in [3.63, 3.8) is 0 Å². The van der Waals surface area contributed by atoms with Gasteiger partial charge in [-0.05, 0) is 18.8 Å². The molecule has 1 aromatic carbocycles. The van der Waals surface area contributed by atoms with Gasteiger partial charge in [0.1, 0.15) is 0 Å². The van der Waals surface area contributed by atoms with Gasteiger partial charge in [0.15, 0.2) is 5.82 Å². The number of H-pyrrole nitrogens is 1. The quantitative estimate of drug-likeness (QED) is 0.595. The summed E-state index contributed by atoms with van der Waals surface area (Å²) in [4.78, 5) is 19.4. The summed E-state index contributed by atoms with van der Waals surface area (Å²) >= 11 is 0. The molecule has 8 nitrogen and oxygen atoms in total. The van der Waals surface area contributed by atoms with Crippen LogP contribution in [0.15, 0.2) is 41.1 Å². The Labute approximate surface area is 182 Å². The number of aromatic amines is 1. The molecule has 1 atom stereocenters. The number of hydrogen-bond acceptors (Lipinski definition) is 6. The molecule has 0 saturated carbocycles. The standard InChI is InChI=1S/C23H29N5O3/c1-16(2)13-21-25-20(27-31-21)10-12-30-18-9-6-11-28(15-18)23(29)19-14-24-26-22(19)17-7-4-3-5-8-17/h3-5,7-8,14,16,18H,6,9-13,15H2,1-2H3,(H,24,26). The molecule has 8 heteroatoms. The van der Waals surface area contributed by atoms with E-state index in [9.17, 15) is 4.79 Å². The lowest BCUT2D eigenvalue weighted by molar-refractivity contribution is 0.00254. The van der Waals surface area contributed by atoms with Gasteiger partial charge < -0.3 is 14.2 Å². The van der Waals surface area contributed by atoms with E-state index >= 15 is 0 Å². The topological polar surface area (TPSA) is 97.1 Å². The highest BCUT2D eigenvalue weighted by Crippen LogP contribution is 2.24.